The van der Waals surface area contributed by atoms with Gasteiger partial charge in [0.2, 0.25) is 0 Å². The number of nitrogens with one attached hydrogen (secondary N) is 1. The number of ether oxygens (including phenoxy) is 1. The molecule has 0 bridgehead atoms. The van der Waals surface area contributed by atoms with Gasteiger partial charge in [-0.1, -0.05) is 13.8 Å². The van der Waals surface area contributed by atoms with Crippen LogP contribution in [-0.4, -0.2) is 42.2 Å². The molecule has 1 atom stereocenters. The summed E-state index contributed by atoms with van der Waals surface area (Å²) < 4.78 is 5.47. The van der Waals surface area contributed by atoms with Crippen molar-refractivity contribution in [2.45, 2.75) is 45.4 Å². The van der Waals surface area contributed by atoms with Gasteiger partial charge < -0.3 is 9.64 Å². The summed E-state index contributed by atoms with van der Waals surface area (Å²) in [5, 5.41) is 3.98. The lowest BCUT2D eigenvalue weighted by atomic mass is 9.81. The summed E-state index contributed by atoms with van der Waals surface area (Å²) in [5.74, 6) is 1.67. The van der Waals surface area contributed by atoms with Gasteiger partial charge in [0.25, 0.3) is 0 Å². The Morgan fingerprint density at radius 1 is 1.35 bits per heavy atom. The molecule has 0 spiro atoms. The van der Waals surface area contributed by atoms with Gasteiger partial charge in [-0.3, -0.25) is 5.32 Å². The number of aromatic nitrogens is 1. The van der Waals surface area contributed by atoms with Crippen LogP contribution in [0.4, 0.5) is 9.80 Å². The van der Waals surface area contributed by atoms with Gasteiger partial charge in [-0.25, -0.2) is 9.78 Å². The number of hydrogen-bond acceptors (Lipinski definition) is 4. The topological polar surface area (TPSA) is 54.5 Å². The number of nitrogens with zero attached hydrogens (tertiary/aromatic N) is 2. The lowest BCUT2D eigenvalue weighted by Crippen LogP contribution is -2.44. The maximum atomic E-state index is 12.6. The summed E-state index contributed by atoms with van der Waals surface area (Å²) in [6, 6.07) is 0.0351. The third kappa shape index (κ3) is 4.04. The Labute approximate surface area is 142 Å². The molecule has 3 heterocycles. The minimum atomic E-state index is 0.0351. The molecule has 2 aliphatic rings. The van der Waals surface area contributed by atoms with E-state index in [2.05, 4.69) is 24.1 Å². The normalized spacial score (nSPS) is 23.3. The van der Waals surface area contributed by atoms with Crippen LogP contribution in [0.5, 0.6) is 0 Å². The molecule has 2 aliphatic heterocycles. The molecule has 1 aromatic rings. The first-order chi connectivity index (χ1) is 11.1. The lowest BCUT2D eigenvalue weighted by molar-refractivity contribution is 0.0322. The SMILES string of the molecule is CC(C)c1ncsc1NC(=O)N1CCCC(C2CCOCC2)C1. The van der Waals surface area contributed by atoms with Crippen LogP contribution in [0.2, 0.25) is 0 Å². The molecule has 23 heavy (non-hydrogen) atoms. The maximum Gasteiger partial charge on any atom is 0.322 e. The second-order valence-electron chi connectivity index (χ2n) is 6.95. The van der Waals surface area contributed by atoms with E-state index in [4.69, 9.17) is 4.74 Å². The predicted octanol–water partition coefficient (Wildman–Crippen LogP) is 3.94. The van der Waals surface area contributed by atoms with Crippen molar-refractivity contribution >= 4 is 22.4 Å². The van der Waals surface area contributed by atoms with Crippen molar-refractivity contribution in [3.05, 3.63) is 11.2 Å². The van der Waals surface area contributed by atoms with Crippen LogP contribution in [0, 0.1) is 11.8 Å². The second kappa shape index (κ2) is 7.62. The molecular weight excluding hydrogens is 310 g/mol. The van der Waals surface area contributed by atoms with Gasteiger partial charge >= 0.3 is 6.03 Å². The Bertz CT molecular complexity index is 526. The van der Waals surface area contributed by atoms with E-state index in [0.717, 1.165) is 56.3 Å². The minimum absolute atomic E-state index is 0.0351. The van der Waals surface area contributed by atoms with Crippen LogP contribution in [0.3, 0.4) is 0 Å². The smallest absolute Gasteiger partial charge is 0.322 e. The molecule has 0 aliphatic carbocycles. The van der Waals surface area contributed by atoms with E-state index < -0.39 is 0 Å². The molecule has 1 unspecified atom stereocenters. The van der Waals surface area contributed by atoms with Crippen LogP contribution in [0.25, 0.3) is 0 Å². The molecule has 2 fully saturated rings. The average Bonchev–Trinajstić information content (AvgIpc) is 3.04. The quantitative estimate of drug-likeness (QED) is 0.909. The molecule has 2 saturated heterocycles. The number of thiazole rings is 1. The molecule has 0 aromatic carbocycles. The number of urea groups is 1. The third-order valence-electron chi connectivity index (χ3n) is 5.04. The summed E-state index contributed by atoms with van der Waals surface area (Å²) in [5.41, 5.74) is 2.80. The number of carbonyl (C=O) groups is 1. The molecule has 5 nitrogen and oxygen atoms in total. The standard InChI is InChI=1S/C17H27N3O2S/c1-12(2)15-16(23-11-18-15)19-17(21)20-7-3-4-14(10-20)13-5-8-22-9-6-13/h11-14H,3-10H2,1-2H3,(H,19,21). The highest BCUT2D eigenvalue weighted by Gasteiger charge is 2.30. The number of piperidine rings is 1. The highest BCUT2D eigenvalue weighted by atomic mass is 32.1. The monoisotopic (exact) mass is 337 g/mol. The van der Waals surface area contributed by atoms with E-state index in [0.29, 0.717) is 17.8 Å². The van der Waals surface area contributed by atoms with Gasteiger partial charge in [0, 0.05) is 26.3 Å². The van der Waals surface area contributed by atoms with E-state index in [1.165, 1.54) is 17.8 Å². The summed E-state index contributed by atoms with van der Waals surface area (Å²) in [4.78, 5) is 19.0. The average molecular weight is 337 g/mol. The zero-order valence-electron chi connectivity index (χ0n) is 14.1. The van der Waals surface area contributed by atoms with Gasteiger partial charge in [-0.15, -0.1) is 11.3 Å². The highest BCUT2D eigenvalue weighted by molar-refractivity contribution is 7.14. The molecule has 0 saturated carbocycles. The van der Waals surface area contributed by atoms with Crippen LogP contribution >= 0.6 is 11.3 Å². The van der Waals surface area contributed by atoms with Crippen molar-refractivity contribution in [3.63, 3.8) is 0 Å². The number of rotatable bonds is 3. The predicted molar refractivity (Wildman–Crippen MR) is 93.1 cm³/mol. The van der Waals surface area contributed by atoms with Gasteiger partial charge in [-0.2, -0.15) is 0 Å². The molecule has 1 aromatic heterocycles. The zero-order chi connectivity index (χ0) is 16.2. The summed E-state index contributed by atoms with van der Waals surface area (Å²) in [7, 11) is 0. The Kier molecular flexibility index (Phi) is 5.54. The molecule has 128 valence electrons. The van der Waals surface area contributed by atoms with Crippen molar-refractivity contribution < 1.29 is 9.53 Å². The first-order valence-electron chi connectivity index (χ1n) is 8.72. The van der Waals surface area contributed by atoms with Gasteiger partial charge in [0.05, 0.1) is 11.2 Å². The van der Waals surface area contributed by atoms with Crippen molar-refractivity contribution in [1.82, 2.24) is 9.88 Å². The minimum Gasteiger partial charge on any atom is -0.381 e. The Morgan fingerprint density at radius 2 is 2.13 bits per heavy atom. The lowest BCUT2D eigenvalue weighted by Gasteiger charge is -2.38. The van der Waals surface area contributed by atoms with E-state index >= 15 is 0 Å². The van der Waals surface area contributed by atoms with Crippen molar-refractivity contribution in [2.75, 3.05) is 31.6 Å². The van der Waals surface area contributed by atoms with Gasteiger partial charge in [0.1, 0.15) is 5.00 Å². The number of anilines is 1. The molecule has 2 amide bonds. The van der Waals surface area contributed by atoms with E-state index in [-0.39, 0.29) is 6.03 Å². The number of likely N-dealkylation sites (tertiary alicyclic amines) is 1. The molecule has 3 rings (SSSR count). The Balaban J connectivity index is 1.59. The first kappa shape index (κ1) is 16.7. The van der Waals surface area contributed by atoms with Crippen molar-refractivity contribution in [3.8, 4) is 0 Å². The van der Waals surface area contributed by atoms with E-state index in [1.807, 2.05) is 10.4 Å². The second-order valence-corrected chi connectivity index (χ2v) is 7.80. The number of carbonyl (C=O) groups excluding carboxylic acids is 1. The van der Waals surface area contributed by atoms with Gasteiger partial charge in [-0.05, 0) is 43.4 Å². The van der Waals surface area contributed by atoms with Crippen LogP contribution in [0.15, 0.2) is 5.51 Å². The first-order valence-corrected chi connectivity index (χ1v) is 9.60. The Morgan fingerprint density at radius 3 is 2.87 bits per heavy atom. The van der Waals surface area contributed by atoms with Crippen LogP contribution in [-0.2, 0) is 4.74 Å². The van der Waals surface area contributed by atoms with Crippen LogP contribution < -0.4 is 5.32 Å². The summed E-state index contributed by atoms with van der Waals surface area (Å²) >= 11 is 1.51. The largest absolute Gasteiger partial charge is 0.381 e. The third-order valence-corrected chi connectivity index (χ3v) is 5.80. The van der Waals surface area contributed by atoms with Crippen molar-refractivity contribution in [1.29, 1.82) is 0 Å². The van der Waals surface area contributed by atoms with E-state index in [1.54, 1.807) is 0 Å². The Hall–Kier alpha value is -1.14. The molecular formula is C17H27N3O2S. The highest BCUT2D eigenvalue weighted by Crippen LogP contribution is 2.32. The van der Waals surface area contributed by atoms with Gasteiger partial charge in [0.15, 0.2) is 0 Å². The number of hydrogen-bond donors (Lipinski definition) is 1. The molecule has 1 N–H and O–H groups in total. The fourth-order valence-corrected chi connectivity index (χ4v) is 4.53. The molecule has 0 radical (unpaired) electrons. The maximum absolute atomic E-state index is 12.6. The van der Waals surface area contributed by atoms with E-state index in [9.17, 15) is 4.79 Å². The fraction of sp³-hybridized carbons (Fsp3) is 0.765. The summed E-state index contributed by atoms with van der Waals surface area (Å²) in [6.45, 7) is 7.71. The van der Waals surface area contributed by atoms with Crippen molar-refractivity contribution in [2.24, 2.45) is 11.8 Å². The summed E-state index contributed by atoms with van der Waals surface area (Å²) in [6.07, 6.45) is 4.64. The molecule has 6 heteroatoms. The van der Waals surface area contributed by atoms with Crippen LogP contribution in [0.1, 0.15) is 51.1 Å². The fourth-order valence-electron chi connectivity index (χ4n) is 3.70. The zero-order valence-corrected chi connectivity index (χ0v) is 14.9. The number of amides is 2.